The maximum Gasteiger partial charge on any atom is 0.326 e. The van der Waals surface area contributed by atoms with Crippen LogP contribution < -0.4 is 5.32 Å². The molecule has 0 aliphatic carbocycles. The first-order valence-electron chi connectivity index (χ1n) is 6.80. The van der Waals surface area contributed by atoms with Crippen LogP contribution in [0.15, 0.2) is 0 Å². The van der Waals surface area contributed by atoms with Gasteiger partial charge in [0.1, 0.15) is 6.04 Å². The van der Waals surface area contributed by atoms with E-state index in [1.54, 1.807) is 0 Å². The number of carbonyl (C=O) groups is 2. The van der Waals surface area contributed by atoms with Crippen molar-refractivity contribution in [3.05, 3.63) is 0 Å². The number of carbonyl (C=O) groups excluding carboxylic acids is 1. The highest BCUT2D eigenvalue weighted by Gasteiger charge is 2.23. The Hall–Kier alpha value is -1.06. The van der Waals surface area contributed by atoms with Gasteiger partial charge in [0.2, 0.25) is 5.91 Å². The van der Waals surface area contributed by atoms with Crippen molar-refractivity contribution in [3.63, 3.8) is 0 Å². The zero-order valence-electron chi connectivity index (χ0n) is 12.2. The van der Waals surface area contributed by atoms with Gasteiger partial charge in [0.15, 0.2) is 0 Å². The molecule has 0 aliphatic heterocycles. The Kier molecular flexibility index (Phi) is 7.64. The van der Waals surface area contributed by atoms with E-state index in [0.717, 1.165) is 6.42 Å². The molecule has 0 radical (unpaired) electrons. The summed E-state index contributed by atoms with van der Waals surface area (Å²) >= 11 is 0. The van der Waals surface area contributed by atoms with Gasteiger partial charge in [0.25, 0.3) is 0 Å². The lowest BCUT2D eigenvalue weighted by molar-refractivity contribution is -0.142. The molecule has 0 fully saturated rings. The molecule has 0 aromatic carbocycles. The fourth-order valence-corrected chi connectivity index (χ4v) is 2.04. The molecule has 0 aromatic rings. The van der Waals surface area contributed by atoms with Gasteiger partial charge in [0, 0.05) is 6.42 Å². The molecular formula is C14H27NO3. The summed E-state index contributed by atoms with van der Waals surface area (Å²) in [6.45, 7) is 10.1. The Morgan fingerprint density at radius 1 is 1.17 bits per heavy atom. The average molecular weight is 257 g/mol. The Labute approximate surface area is 110 Å². The van der Waals surface area contributed by atoms with Gasteiger partial charge in [-0.15, -0.1) is 0 Å². The first-order chi connectivity index (χ1) is 8.27. The summed E-state index contributed by atoms with van der Waals surface area (Å²) < 4.78 is 0. The number of hydrogen-bond donors (Lipinski definition) is 2. The molecule has 106 valence electrons. The number of nitrogens with one attached hydrogen (secondary N) is 1. The third-order valence-corrected chi connectivity index (χ3v) is 3.26. The molecule has 2 N–H and O–H groups in total. The third kappa shape index (κ3) is 6.62. The summed E-state index contributed by atoms with van der Waals surface area (Å²) in [5, 5.41) is 11.7. The maximum atomic E-state index is 11.8. The minimum atomic E-state index is -0.949. The molecule has 0 saturated heterocycles. The Morgan fingerprint density at radius 3 is 2.06 bits per heavy atom. The van der Waals surface area contributed by atoms with Gasteiger partial charge in [0.05, 0.1) is 0 Å². The monoisotopic (exact) mass is 257 g/mol. The lowest BCUT2D eigenvalue weighted by Gasteiger charge is -2.21. The number of carboxylic acids is 1. The molecule has 1 amide bonds. The number of aliphatic carboxylic acids is 1. The number of carboxylic acid groups (broad SMARTS) is 1. The molecule has 18 heavy (non-hydrogen) atoms. The fourth-order valence-electron chi connectivity index (χ4n) is 2.04. The quantitative estimate of drug-likeness (QED) is 0.702. The highest BCUT2D eigenvalue weighted by atomic mass is 16.4. The minimum Gasteiger partial charge on any atom is -0.480 e. The van der Waals surface area contributed by atoms with Gasteiger partial charge in [-0.1, -0.05) is 41.0 Å². The molecule has 4 heteroatoms. The minimum absolute atomic E-state index is 0.149. The van der Waals surface area contributed by atoms with Crippen molar-refractivity contribution in [2.45, 2.75) is 59.9 Å². The molecule has 0 bridgehead atoms. The van der Waals surface area contributed by atoms with Crippen LogP contribution in [0.3, 0.4) is 0 Å². The largest absolute Gasteiger partial charge is 0.480 e. The molecule has 0 saturated carbocycles. The fraction of sp³-hybridized carbons (Fsp3) is 0.857. The first kappa shape index (κ1) is 16.9. The van der Waals surface area contributed by atoms with E-state index in [4.69, 9.17) is 5.11 Å². The van der Waals surface area contributed by atoms with E-state index in [1.165, 1.54) is 0 Å². The molecule has 2 unspecified atom stereocenters. The van der Waals surface area contributed by atoms with Crippen LogP contribution in [0.4, 0.5) is 0 Å². The Balaban J connectivity index is 4.37. The van der Waals surface area contributed by atoms with E-state index in [2.05, 4.69) is 26.1 Å². The SMILES string of the molecule is CCC(CC(=O)NC(CC(C)C)C(=O)O)C(C)C. The van der Waals surface area contributed by atoms with Crippen LogP contribution in [0, 0.1) is 17.8 Å². The maximum absolute atomic E-state index is 11.8. The topological polar surface area (TPSA) is 66.4 Å². The molecule has 4 nitrogen and oxygen atoms in total. The predicted octanol–water partition coefficient (Wildman–Crippen LogP) is 2.67. The van der Waals surface area contributed by atoms with Crippen LogP contribution in [0.5, 0.6) is 0 Å². The van der Waals surface area contributed by atoms with E-state index in [-0.39, 0.29) is 11.8 Å². The summed E-state index contributed by atoms with van der Waals surface area (Å²) in [7, 11) is 0. The normalized spacial score (nSPS) is 14.6. The van der Waals surface area contributed by atoms with E-state index >= 15 is 0 Å². The van der Waals surface area contributed by atoms with Crippen LogP contribution in [0.25, 0.3) is 0 Å². The highest BCUT2D eigenvalue weighted by Crippen LogP contribution is 2.18. The summed E-state index contributed by atoms with van der Waals surface area (Å²) in [4.78, 5) is 22.9. The van der Waals surface area contributed by atoms with Gasteiger partial charge < -0.3 is 10.4 Å². The second kappa shape index (κ2) is 8.11. The van der Waals surface area contributed by atoms with E-state index in [9.17, 15) is 9.59 Å². The summed E-state index contributed by atoms with van der Waals surface area (Å²) in [5.74, 6) is -0.0932. The first-order valence-corrected chi connectivity index (χ1v) is 6.80. The van der Waals surface area contributed by atoms with Crippen LogP contribution >= 0.6 is 0 Å². The van der Waals surface area contributed by atoms with Crippen LogP contribution in [-0.4, -0.2) is 23.0 Å². The zero-order valence-corrected chi connectivity index (χ0v) is 12.2. The van der Waals surface area contributed by atoms with Gasteiger partial charge in [-0.2, -0.15) is 0 Å². The van der Waals surface area contributed by atoms with Crippen molar-refractivity contribution in [3.8, 4) is 0 Å². The van der Waals surface area contributed by atoms with E-state index < -0.39 is 12.0 Å². The smallest absolute Gasteiger partial charge is 0.326 e. The van der Waals surface area contributed by atoms with Crippen LogP contribution in [0.1, 0.15) is 53.9 Å². The third-order valence-electron chi connectivity index (χ3n) is 3.26. The van der Waals surface area contributed by atoms with Crippen molar-refractivity contribution >= 4 is 11.9 Å². The van der Waals surface area contributed by atoms with Crippen molar-refractivity contribution in [1.82, 2.24) is 5.32 Å². The summed E-state index contributed by atoms with van der Waals surface area (Å²) in [6.07, 6.45) is 1.82. The van der Waals surface area contributed by atoms with Crippen molar-refractivity contribution in [1.29, 1.82) is 0 Å². The second-order valence-corrected chi connectivity index (χ2v) is 5.70. The van der Waals surface area contributed by atoms with Crippen molar-refractivity contribution in [2.24, 2.45) is 17.8 Å². The standard InChI is InChI=1S/C14H27NO3/c1-6-11(10(4)5)8-13(16)15-12(14(17)18)7-9(2)3/h9-12H,6-8H2,1-5H3,(H,15,16)(H,17,18). The highest BCUT2D eigenvalue weighted by molar-refractivity contribution is 5.83. The van der Waals surface area contributed by atoms with Gasteiger partial charge >= 0.3 is 5.97 Å². The molecule has 0 heterocycles. The average Bonchev–Trinajstić information content (AvgIpc) is 2.23. The molecule has 0 rings (SSSR count). The zero-order chi connectivity index (χ0) is 14.3. The number of amides is 1. The van der Waals surface area contributed by atoms with E-state index in [1.807, 2.05) is 13.8 Å². The Morgan fingerprint density at radius 2 is 1.72 bits per heavy atom. The second-order valence-electron chi connectivity index (χ2n) is 5.70. The van der Waals surface area contributed by atoms with Crippen LogP contribution in [0.2, 0.25) is 0 Å². The van der Waals surface area contributed by atoms with Crippen molar-refractivity contribution in [2.75, 3.05) is 0 Å². The van der Waals surface area contributed by atoms with Gasteiger partial charge in [-0.25, -0.2) is 4.79 Å². The molecular weight excluding hydrogens is 230 g/mol. The number of hydrogen-bond acceptors (Lipinski definition) is 2. The van der Waals surface area contributed by atoms with Gasteiger partial charge in [-0.05, 0) is 24.2 Å². The number of rotatable bonds is 8. The molecule has 0 aliphatic rings. The summed E-state index contributed by atoms with van der Waals surface area (Å²) in [5.41, 5.74) is 0. The van der Waals surface area contributed by atoms with Crippen LogP contribution in [-0.2, 0) is 9.59 Å². The van der Waals surface area contributed by atoms with Gasteiger partial charge in [-0.3, -0.25) is 4.79 Å². The molecule has 0 aromatic heterocycles. The Bertz CT molecular complexity index is 274. The predicted molar refractivity (Wildman–Crippen MR) is 72.3 cm³/mol. The lowest BCUT2D eigenvalue weighted by Crippen LogP contribution is -2.42. The van der Waals surface area contributed by atoms with E-state index in [0.29, 0.717) is 24.7 Å². The van der Waals surface area contributed by atoms with Crippen molar-refractivity contribution < 1.29 is 14.7 Å². The summed E-state index contributed by atoms with van der Waals surface area (Å²) in [6, 6.07) is -0.762. The molecule has 0 spiro atoms. The lowest BCUT2D eigenvalue weighted by atomic mass is 9.89. The molecule has 2 atom stereocenters.